The molecular formula is C21H36N4O3S. The van der Waals surface area contributed by atoms with Crippen LogP contribution in [0.25, 0.3) is 0 Å². The summed E-state index contributed by atoms with van der Waals surface area (Å²) in [4.78, 5) is 4.27. The molecule has 0 bridgehead atoms. The molecule has 1 aliphatic heterocycles. The molecule has 1 heterocycles. The number of hydrogen-bond acceptors (Lipinski definition) is 4. The molecular weight excluding hydrogens is 388 g/mol. The molecule has 0 aliphatic carbocycles. The van der Waals surface area contributed by atoms with Crippen molar-refractivity contribution in [1.82, 2.24) is 14.9 Å². The third kappa shape index (κ3) is 7.51. The third-order valence-corrected chi connectivity index (χ3v) is 6.43. The second kappa shape index (κ2) is 10.8. The standard InChI is InChI=1S/C21H36N4O3S/c1-16(2)10-12-28-20-13-17(3)8-9-18(20)14-23-21(22-4)24-15-19-7-6-11-25(19)29(5,26)27/h8-9,13,16,19H,6-7,10-12,14-15H2,1-5H3,(H2,22,23,24)/t19-/m1/s1. The van der Waals surface area contributed by atoms with Crippen LogP contribution < -0.4 is 15.4 Å². The molecule has 8 heteroatoms. The second-order valence-corrected chi connectivity index (χ2v) is 10.1. The van der Waals surface area contributed by atoms with Gasteiger partial charge in [0.15, 0.2) is 5.96 Å². The fourth-order valence-corrected chi connectivity index (χ4v) is 4.59. The quantitative estimate of drug-likeness (QED) is 0.470. The zero-order valence-corrected chi connectivity index (χ0v) is 19.2. The Hall–Kier alpha value is -1.80. The monoisotopic (exact) mass is 424 g/mol. The molecule has 0 saturated carbocycles. The molecule has 1 aromatic carbocycles. The van der Waals surface area contributed by atoms with Crippen LogP contribution >= 0.6 is 0 Å². The van der Waals surface area contributed by atoms with E-state index in [4.69, 9.17) is 4.74 Å². The molecule has 0 amide bonds. The number of hydrogen-bond donors (Lipinski definition) is 2. The summed E-state index contributed by atoms with van der Waals surface area (Å²) in [7, 11) is -1.45. The summed E-state index contributed by atoms with van der Waals surface area (Å²) in [5, 5.41) is 6.58. The third-order valence-electron chi connectivity index (χ3n) is 5.10. The molecule has 2 rings (SSSR count). The smallest absolute Gasteiger partial charge is 0.211 e. The number of rotatable bonds is 9. The van der Waals surface area contributed by atoms with Gasteiger partial charge in [-0.05, 0) is 43.7 Å². The lowest BCUT2D eigenvalue weighted by Gasteiger charge is -2.23. The number of ether oxygens (including phenoxy) is 1. The van der Waals surface area contributed by atoms with Gasteiger partial charge in [0.25, 0.3) is 0 Å². The molecule has 0 radical (unpaired) electrons. The summed E-state index contributed by atoms with van der Waals surface area (Å²) in [5.74, 6) is 2.15. The molecule has 7 nitrogen and oxygen atoms in total. The highest BCUT2D eigenvalue weighted by atomic mass is 32.2. The Labute approximate surface area is 176 Å². The fourth-order valence-electron chi connectivity index (χ4n) is 3.41. The number of nitrogens with one attached hydrogen (secondary N) is 2. The largest absolute Gasteiger partial charge is 0.493 e. The summed E-state index contributed by atoms with van der Waals surface area (Å²) in [6.07, 6.45) is 4.05. The molecule has 1 saturated heterocycles. The van der Waals surface area contributed by atoms with Gasteiger partial charge in [-0.3, -0.25) is 4.99 Å². The van der Waals surface area contributed by atoms with E-state index in [1.54, 1.807) is 11.4 Å². The van der Waals surface area contributed by atoms with Gasteiger partial charge in [-0.2, -0.15) is 4.31 Å². The van der Waals surface area contributed by atoms with E-state index < -0.39 is 10.0 Å². The average Bonchev–Trinajstić information content (AvgIpc) is 3.12. The first-order valence-corrected chi connectivity index (χ1v) is 12.2. The van der Waals surface area contributed by atoms with E-state index in [-0.39, 0.29) is 6.04 Å². The molecule has 0 unspecified atom stereocenters. The maximum atomic E-state index is 11.9. The van der Waals surface area contributed by atoms with Crippen LogP contribution in [-0.4, -0.2) is 57.7 Å². The number of guanidine groups is 1. The Morgan fingerprint density at radius 1 is 1.34 bits per heavy atom. The van der Waals surface area contributed by atoms with Gasteiger partial charge in [-0.25, -0.2) is 8.42 Å². The lowest BCUT2D eigenvalue weighted by atomic mass is 10.1. The van der Waals surface area contributed by atoms with Gasteiger partial charge < -0.3 is 15.4 Å². The van der Waals surface area contributed by atoms with Crippen LogP contribution in [0.5, 0.6) is 5.75 Å². The van der Waals surface area contributed by atoms with Crippen molar-refractivity contribution in [3.63, 3.8) is 0 Å². The van der Waals surface area contributed by atoms with Crippen LogP contribution in [0.2, 0.25) is 0 Å². The first-order valence-electron chi connectivity index (χ1n) is 10.3. The van der Waals surface area contributed by atoms with Crippen LogP contribution in [0, 0.1) is 12.8 Å². The minimum Gasteiger partial charge on any atom is -0.493 e. The highest BCUT2D eigenvalue weighted by Gasteiger charge is 2.31. The maximum absolute atomic E-state index is 11.9. The predicted molar refractivity (Wildman–Crippen MR) is 119 cm³/mol. The van der Waals surface area contributed by atoms with Crippen molar-refractivity contribution in [1.29, 1.82) is 0 Å². The van der Waals surface area contributed by atoms with Gasteiger partial charge in [-0.1, -0.05) is 26.0 Å². The van der Waals surface area contributed by atoms with Crippen molar-refractivity contribution < 1.29 is 13.2 Å². The Kier molecular flexibility index (Phi) is 8.77. The van der Waals surface area contributed by atoms with Gasteiger partial charge in [-0.15, -0.1) is 0 Å². The van der Waals surface area contributed by atoms with E-state index in [0.29, 0.717) is 38.1 Å². The van der Waals surface area contributed by atoms with Gasteiger partial charge >= 0.3 is 0 Å². The molecule has 1 fully saturated rings. The van der Waals surface area contributed by atoms with Gasteiger partial charge in [0, 0.05) is 38.3 Å². The SMILES string of the molecule is CN=C(NCc1ccc(C)cc1OCCC(C)C)NC[C@H]1CCCN1S(C)(=O)=O. The molecule has 1 aliphatic rings. The van der Waals surface area contributed by atoms with Gasteiger partial charge in [0.05, 0.1) is 12.9 Å². The number of aliphatic imine (C=N–C) groups is 1. The summed E-state index contributed by atoms with van der Waals surface area (Å²) < 4.78 is 31.4. The Bertz CT molecular complexity index is 793. The lowest BCUT2D eigenvalue weighted by Crippen LogP contribution is -2.46. The normalized spacial score (nSPS) is 18.3. The van der Waals surface area contributed by atoms with Gasteiger partial charge in [0.1, 0.15) is 5.75 Å². The first kappa shape index (κ1) is 23.5. The van der Waals surface area contributed by atoms with E-state index >= 15 is 0 Å². The van der Waals surface area contributed by atoms with E-state index in [9.17, 15) is 8.42 Å². The van der Waals surface area contributed by atoms with Crippen LogP contribution in [0.3, 0.4) is 0 Å². The molecule has 2 N–H and O–H groups in total. The highest BCUT2D eigenvalue weighted by molar-refractivity contribution is 7.88. The topological polar surface area (TPSA) is 83.0 Å². The van der Waals surface area contributed by atoms with Crippen molar-refractivity contribution in [3.8, 4) is 5.75 Å². The molecule has 29 heavy (non-hydrogen) atoms. The molecule has 0 aromatic heterocycles. The van der Waals surface area contributed by atoms with Crippen LogP contribution in [0.1, 0.15) is 44.2 Å². The van der Waals surface area contributed by atoms with E-state index in [1.165, 1.54) is 6.26 Å². The molecule has 1 aromatic rings. The summed E-state index contributed by atoms with van der Waals surface area (Å²) in [6, 6.07) is 6.18. The highest BCUT2D eigenvalue weighted by Crippen LogP contribution is 2.21. The fraction of sp³-hybridized carbons (Fsp3) is 0.667. The summed E-state index contributed by atoms with van der Waals surface area (Å²) in [5.41, 5.74) is 2.24. The number of aryl methyl sites for hydroxylation is 1. The van der Waals surface area contributed by atoms with Gasteiger partial charge in [0.2, 0.25) is 10.0 Å². The minimum atomic E-state index is -3.17. The Morgan fingerprint density at radius 2 is 2.10 bits per heavy atom. The molecule has 164 valence electrons. The van der Waals surface area contributed by atoms with Crippen molar-refractivity contribution in [2.24, 2.45) is 10.9 Å². The lowest BCUT2D eigenvalue weighted by molar-refractivity contribution is 0.286. The maximum Gasteiger partial charge on any atom is 0.211 e. The zero-order chi connectivity index (χ0) is 21.4. The average molecular weight is 425 g/mol. The van der Waals surface area contributed by atoms with Crippen molar-refractivity contribution in [3.05, 3.63) is 29.3 Å². The van der Waals surface area contributed by atoms with E-state index in [1.807, 2.05) is 0 Å². The first-order chi connectivity index (χ1) is 13.7. The Balaban J connectivity index is 1.92. The Morgan fingerprint density at radius 3 is 2.76 bits per heavy atom. The van der Waals surface area contributed by atoms with Crippen molar-refractivity contribution in [2.45, 2.75) is 52.6 Å². The van der Waals surface area contributed by atoms with E-state index in [2.05, 4.69) is 54.6 Å². The minimum absolute atomic E-state index is 0.0298. The summed E-state index contributed by atoms with van der Waals surface area (Å²) >= 11 is 0. The molecule has 0 spiro atoms. The summed E-state index contributed by atoms with van der Waals surface area (Å²) in [6.45, 7) is 8.85. The molecule has 1 atom stereocenters. The predicted octanol–water partition coefficient (Wildman–Crippen LogP) is 2.51. The number of sulfonamides is 1. The number of nitrogens with zero attached hydrogens (tertiary/aromatic N) is 2. The number of benzene rings is 1. The zero-order valence-electron chi connectivity index (χ0n) is 18.4. The van der Waals surface area contributed by atoms with E-state index in [0.717, 1.165) is 36.1 Å². The van der Waals surface area contributed by atoms with Crippen LogP contribution in [0.4, 0.5) is 0 Å². The second-order valence-electron chi connectivity index (χ2n) is 8.12. The van der Waals surface area contributed by atoms with Crippen LogP contribution in [0.15, 0.2) is 23.2 Å². The van der Waals surface area contributed by atoms with Crippen molar-refractivity contribution >= 4 is 16.0 Å². The van der Waals surface area contributed by atoms with Crippen LogP contribution in [-0.2, 0) is 16.6 Å². The van der Waals surface area contributed by atoms with Crippen molar-refractivity contribution in [2.75, 3.05) is 33.0 Å².